The van der Waals surface area contributed by atoms with Crippen molar-refractivity contribution < 1.29 is 9.59 Å². The summed E-state index contributed by atoms with van der Waals surface area (Å²) in [6.07, 6.45) is 1.35. The highest BCUT2D eigenvalue weighted by atomic mass is 32.2. The fourth-order valence-corrected chi connectivity index (χ4v) is 4.34. The van der Waals surface area contributed by atoms with Crippen LogP contribution in [0.15, 0.2) is 30.3 Å². The largest absolute Gasteiger partial charge is 0.352 e. The number of nitrogens with two attached hydrogens (primary N) is 1. The number of amides is 3. The summed E-state index contributed by atoms with van der Waals surface area (Å²) in [5.41, 5.74) is 5.61. The highest BCUT2D eigenvalue weighted by molar-refractivity contribution is 8.00. The van der Waals surface area contributed by atoms with Crippen LogP contribution < -0.4 is 11.1 Å². The Morgan fingerprint density at radius 1 is 1.32 bits per heavy atom. The summed E-state index contributed by atoms with van der Waals surface area (Å²) in [5, 5.41) is 2.98. The van der Waals surface area contributed by atoms with Gasteiger partial charge in [0.25, 0.3) is 0 Å². The van der Waals surface area contributed by atoms with Gasteiger partial charge < -0.3 is 16.0 Å². The van der Waals surface area contributed by atoms with Crippen molar-refractivity contribution in [2.75, 3.05) is 12.3 Å². The molecule has 1 saturated carbocycles. The zero-order chi connectivity index (χ0) is 15.7. The standard InChI is InChI=1S/C16H21N3O2S/c1-11-13(12-5-3-2-4-6-12)19(9-10-22-11)14(20)16(7-8-16)18-15(17)21/h2-6,11,13H,7-10H2,1H3,(H3,17,18,21)/t11-,13+/m0/s1. The molecule has 3 amide bonds. The number of nitrogens with one attached hydrogen (secondary N) is 1. The molecule has 0 aromatic heterocycles. The Hall–Kier alpha value is -1.69. The Kier molecular flexibility index (Phi) is 4.04. The summed E-state index contributed by atoms with van der Waals surface area (Å²) in [4.78, 5) is 26.1. The first-order valence-corrected chi connectivity index (χ1v) is 8.64. The molecule has 3 rings (SSSR count). The van der Waals surface area contributed by atoms with Gasteiger partial charge in [0.05, 0.1) is 6.04 Å². The Morgan fingerprint density at radius 3 is 2.59 bits per heavy atom. The van der Waals surface area contributed by atoms with E-state index in [1.54, 1.807) is 0 Å². The van der Waals surface area contributed by atoms with Crippen molar-refractivity contribution in [1.82, 2.24) is 10.2 Å². The maximum Gasteiger partial charge on any atom is 0.313 e. The van der Waals surface area contributed by atoms with Crippen molar-refractivity contribution in [2.24, 2.45) is 5.73 Å². The van der Waals surface area contributed by atoms with Crippen LogP contribution in [-0.2, 0) is 4.79 Å². The molecular formula is C16H21N3O2S. The third-order valence-electron chi connectivity index (χ3n) is 4.42. The fourth-order valence-electron chi connectivity index (χ4n) is 3.18. The second kappa shape index (κ2) is 5.83. The van der Waals surface area contributed by atoms with Gasteiger partial charge in [-0.05, 0) is 18.4 Å². The lowest BCUT2D eigenvalue weighted by molar-refractivity contribution is -0.136. The zero-order valence-electron chi connectivity index (χ0n) is 12.6. The summed E-state index contributed by atoms with van der Waals surface area (Å²) in [5.74, 6) is 0.926. The zero-order valence-corrected chi connectivity index (χ0v) is 13.4. The van der Waals surface area contributed by atoms with Gasteiger partial charge in [-0.3, -0.25) is 4.79 Å². The molecule has 1 heterocycles. The predicted molar refractivity (Wildman–Crippen MR) is 87.5 cm³/mol. The minimum absolute atomic E-state index is 0.00676. The van der Waals surface area contributed by atoms with Crippen molar-refractivity contribution in [1.29, 1.82) is 0 Å². The van der Waals surface area contributed by atoms with Gasteiger partial charge in [0.1, 0.15) is 5.54 Å². The van der Waals surface area contributed by atoms with Crippen LogP contribution >= 0.6 is 11.8 Å². The van der Waals surface area contributed by atoms with Crippen molar-refractivity contribution in [3.05, 3.63) is 35.9 Å². The molecule has 0 spiro atoms. The number of carbonyl (C=O) groups excluding carboxylic acids is 2. The van der Waals surface area contributed by atoms with E-state index < -0.39 is 11.6 Å². The van der Waals surface area contributed by atoms with Crippen LogP contribution in [-0.4, -0.2) is 39.9 Å². The molecular weight excluding hydrogens is 298 g/mol. The van der Waals surface area contributed by atoms with Gasteiger partial charge in [0, 0.05) is 17.5 Å². The Balaban J connectivity index is 1.87. The van der Waals surface area contributed by atoms with E-state index in [0.717, 1.165) is 11.3 Å². The molecule has 2 fully saturated rings. The average Bonchev–Trinajstić information content (AvgIpc) is 3.27. The molecule has 6 heteroatoms. The number of rotatable bonds is 3. The number of nitrogens with zero attached hydrogens (tertiary/aromatic N) is 1. The normalized spacial score (nSPS) is 26.3. The second-order valence-corrected chi connectivity index (χ2v) is 7.49. The lowest BCUT2D eigenvalue weighted by atomic mass is 10.0. The third-order valence-corrected chi connectivity index (χ3v) is 5.62. The highest BCUT2D eigenvalue weighted by Crippen LogP contribution is 2.43. The summed E-state index contributed by atoms with van der Waals surface area (Å²) < 4.78 is 0. The Labute approximate surface area is 134 Å². The molecule has 1 aromatic rings. The molecule has 22 heavy (non-hydrogen) atoms. The van der Waals surface area contributed by atoms with Gasteiger partial charge in [-0.2, -0.15) is 11.8 Å². The molecule has 0 radical (unpaired) electrons. The van der Waals surface area contributed by atoms with Crippen LogP contribution in [0, 0.1) is 0 Å². The first-order valence-electron chi connectivity index (χ1n) is 7.59. The number of hydrogen-bond acceptors (Lipinski definition) is 3. The number of hydrogen-bond donors (Lipinski definition) is 2. The average molecular weight is 319 g/mol. The lowest BCUT2D eigenvalue weighted by Crippen LogP contribution is -2.55. The summed E-state index contributed by atoms with van der Waals surface area (Å²) in [6, 6.07) is 9.52. The third kappa shape index (κ3) is 2.79. The first kappa shape index (κ1) is 15.2. The van der Waals surface area contributed by atoms with Gasteiger partial charge in [0.2, 0.25) is 5.91 Å². The lowest BCUT2D eigenvalue weighted by Gasteiger charge is -2.41. The monoisotopic (exact) mass is 319 g/mol. The van der Waals surface area contributed by atoms with E-state index >= 15 is 0 Å². The topological polar surface area (TPSA) is 75.4 Å². The molecule has 118 valence electrons. The summed E-state index contributed by atoms with van der Waals surface area (Å²) in [6.45, 7) is 2.86. The number of urea groups is 1. The first-order chi connectivity index (χ1) is 10.5. The van der Waals surface area contributed by atoms with Crippen LogP contribution in [0.3, 0.4) is 0 Å². The minimum Gasteiger partial charge on any atom is -0.352 e. The van der Waals surface area contributed by atoms with E-state index in [0.29, 0.717) is 24.6 Å². The molecule has 1 saturated heterocycles. The molecule has 1 aromatic carbocycles. The Bertz CT molecular complexity index is 574. The van der Waals surface area contributed by atoms with E-state index in [4.69, 9.17) is 5.73 Å². The molecule has 0 unspecified atom stereocenters. The van der Waals surface area contributed by atoms with Crippen LogP contribution in [0.1, 0.15) is 31.4 Å². The fraction of sp³-hybridized carbons (Fsp3) is 0.500. The van der Waals surface area contributed by atoms with E-state index in [1.807, 2.05) is 34.9 Å². The van der Waals surface area contributed by atoms with Crippen molar-refractivity contribution in [2.45, 2.75) is 36.6 Å². The number of carbonyl (C=O) groups is 2. The maximum atomic E-state index is 13.0. The SMILES string of the molecule is C[C@@H]1SCCN(C(=O)C2(NC(N)=O)CC2)[C@H]1c1ccccc1. The van der Waals surface area contributed by atoms with Crippen molar-refractivity contribution >= 4 is 23.7 Å². The van der Waals surface area contributed by atoms with Gasteiger partial charge in [0.15, 0.2) is 0 Å². The Morgan fingerprint density at radius 2 is 2.00 bits per heavy atom. The van der Waals surface area contributed by atoms with Crippen LogP contribution in [0.25, 0.3) is 0 Å². The van der Waals surface area contributed by atoms with Gasteiger partial charge >= 0.3 is 6.03 Å². The number of primary amides is 1. The van der Waals surface area contributed by atoms with Crippen molar-refractivity contribution in [3.8, 4) is 0 Å². The smallest absolute Gasteiger partial charge is 0.313 e. The molecule has 2 atom stereocenters. The van der Waals surface area contributed by atoms with E-state index in [2.05, 4.69) is 24.4 Å². The minimum atomic E-state index is -0.763. The van der Waals surface area contributed by atoms with Gasteiger partial charge in [-0.25, -0.2) is 4.79 Å². The molecule has 1 aliphatic heterocycles. The van der Waals surface area contributed by atoms with E-state index in [-0.39, 0.29) is 11.9 Å². The van der Waals surface area contributed by atoms with Crippen LogP contribution in [0.4, 0.5) is 4.79 Å². The number of thioether (sulfide) groups is 1. The summed E-state index contributed by atoms with van der Waals surface area (Å²) in [7, 11) is 0. The van der Waals surface area contributed by atoms with Gasteiger partial charge in [-0.15, -0.1) is 0 Å². The van der Waals surface area contributed by atoms with Crippen LogP contribution in [0.5, 0.6) is 0 Å². The molecule has 1 aliphatic carbocycles. The molecule has 3 N–H and O–H groups in total. The van der Waals surface area contributed by atoms with E-state index in [1.165, 1.54) is 0 Å². The molecule has 0 bridgehead atoms. The number of benzene rings is 1. The molecule has 2 aliphatic rings. The predicted octanol–water partition coefficient (Wildman–Crippen LogP) is 1.89. The highest BCUT2D eigenvalue weighted by Gasteiger charge is 2.54. The van der Waals surface area contributed by atoms with Gasteiger partial charge in [-0.1, -0.05) is 37.3 Å². The molecule has 5 nitrogen and oxygen atoms in total. The summed E-state index contributed by atoms with van der Waals surface area (Å²) >= 11 is 1.88. The second-order valence-electron chi connectivity index (χ2n) is 6.00. The maximum absolute atomic E-state index is 13.0. The van der Waals surface area contributed by atoms with Crippen LogP contribution in [0.2, 0.25) is 0 Å². The van der Waals surface area contributed by atoms with Crippen molar-refractivity contribution in [3.63, 3.8) is 0 Å². The van der Waals surface area contributed by atoms with E-state index in [9.17, 15) is 9.59 Å². The quantitative estimate of drug-likeness (QED) is 0.893.